The number of likely N-dealkylation sites (tertiary alicyclic amines) is 2. The summed E-state index contributed by atoms with van der Waals surface area (Å²) >= 11 is 0. The third-order valence-electron chi connectivity index (χ3n) is 6.02. The molecule has 2 aliphatic heterocycles. The number of nitrogens with one attached hydrogen (secondary N) is 2. The Bertz CT molecular complexity index is 390. The molecule has 2 rings (SSSR count). The Balaban J connectivity index is 1.92. The SMILES string of the molecule is C[C@H](CO)[C@@H](C)NC(=O)NCC1(N2CCCCC2)CCN(C)CC1. The molecule has 3 N–H and O–H groups in total. The second-order valence-electron chi connectivity index (χ2n) is 7.85. The van der Waals surface area contributed by atoms with Crippen molar-refractivity contribution in [3.8, 4) is 0 Å². The average molecular weight is 341 g/mol. The van der Waals surface area contributed by atoms with Gasteiger partial charge >= 0.3 is 6.03 Å². The van der Waals surface area contributed by atoms with Crippen LogP contribution in [-0.2, 0) is 0 Å². The summed E-state index contributed by atoms with van der Waals surface area (Å²) in [5, 5.41) is 15.3. The molecule has 140 valence electrons. The van der Waals surface area contributed by atoms with Gasteiger partial charge in [-0.15, -0.1) is 0 Å². The molecule has 0 radical (unpaired) electrons. The maximum atomic E-state index is 12.3. The molecule has 0 bridgehead atoms. The van der Waals surface area contributed by atoms with Crippen LogP contribution in [0, 0.1) is 5.92 Å². The van der Waals surface area contributed by atoms with Crippen molar-refractivity contribution in [2.24, 2.45) is 5.92 Å². The van der Waals surface area contributed by atoms with Gasteiger partial charge in [-0.25, -0.2) is 4.79 Å². The lowest BCUT2D eigenvalue weighted by atomic mass is 9.84. The Morgan fingerprint density at radius 2 is 1.75 bits per heavy atom. The average Bonchev–Trinajstić information content (AvgIpc) is 2.61. The van der Waals surface area contributed by atoms with Gasteiger partial charge in [-0.2, -0.15) is 0 Å². The van der Waals surface area contributed by atoms with E-state index in [4.69, 9.17) is 0 Å². The molecule has 6 nitrogen and oxygen atoms in total. The zero-order chi connectivity index (χ0) is 17.6. The highest BCUT2D eigenvalue weighted by atomic mass is 16.3. The van der Waals surface area contributed by atoms with Crippen LogP contribution in [0.15, 0.2) is 0 Å². The van der Waals surface area contributed by atoms with Gasteiger partial charge in [0.1, 0.15) is 0 Å². The van der Waals surface area contributed by atoms with Gasteiger partial charge in [0.15, 0.2) is 0 Å². The number of carbonyl (C=O) groups excluding carboxylic acids is 1. The molecule has 24 heavy (non-hydrogen) atoms. The van der Waals surface area contributed by atoms with Crippen LogP contribution in [0.4, 0.5) is 4.79 Å². The Hall–Kier alpha value is -0.850. The van der Waals surface area contributed by atoms with Gasteiger partial charge in [0.25, 0.3) is 0 Å². The first-order valence-electron chi connectivity index (χ1n) is 9.56. The Labute approximate surface area is 147 Å². The Morgan fingerprint density at radius 1 is 1.12 bits per heavy atom. The number of piperidine rings is 2. The quantitative estimate of drug-likeness (QED) is 0.681. The lowest BCUT2D eigenvalue weighted by Gasteiger charge is -2.50. The van der Waals surface area contributed by atoms with E-state index in [0.717, 1.165) is 39.0 Å². The fourth-order valence-corrected chi connectivity index (χ4v) is 3.81. The van der Waals surface area contributed by atoms with Gasteiger partial charge in [0.2, 0.25) is 0 Å². The molecule has 2 fully saturated rings. The molecule has 6 heteroatoms. The molecule has 0 saturated carbocycles. The van der Waals surface area contributed by atoms with Crippen LogP contribution in [0.1, 0.15) is 46.0 Å². The first kappa shape index (κ1) is 19.5. The van der Waals surface area contributed by atoms with Crippen LogP contribution in [0.5, 0.6) is 0 Å². The Morgan fingerprint density at radius 3 is 2.33 bits per heavy atom. The van der Waals surface area contributed by atoms with Crippen molar-refractivity contribution in [1.82, 2.24) is 20.4 Å². The first-order chi connectivity index (χ1) is 11.5. The maximum absolute atomic E-state index is 12.3. The summed E-state index contributed by atoms with van der Waals surface area (Å²) < 4.78 is 0. The van der Waals surface area contributed by atoms with E-state index >= 15 is 0 Å². The molecule has 0 aromatic rings. The van der Waals surface area contributed by atoms with E-state index in [1.807, 2.05) is 13.8 Å². The Kier molecular flexibility index (Phi) is 7.32. The highest BCUT2D eigenvalue weighted by Gasteiger charge is 2.39. The van der Waals surface area contributed by atoms with Crippen LogP contribution in [-0.4, -0.2) is 78.9 Å². The minimum absolute atomic E-state index is 0.0292. The van der Waals surface area contributed by atoms with Gasteiger partial charge in [0.05, 0.1) is 0 Å². The number of nitrogens with zero attached hydrogens (tertiary/aromatic N) is 2. The molecule has 0 aliphatic carbocycles. The number of amides is 2. The van der Waals surface area contributed by atoms with E-state index in [9.17, 15) is 9.90 Å². The molecular formula is C18H36N4O2. The van der Waals surface area contributed by atoms with Gasteiger partial charge < -0.3 is 20.6 Å². The molecule has 2 heterocycles. The van der Waals surface area contributed by atoms with E-state index in [1.54, 1.807) is 0 Å². The number of aliphatic hydroxyl groups excluding tert-OH is 1. The standard InChI is InChI=1S/C18H36N4O2/c1-15(13-23)16(2)20-17(24)19-14-18(7-11-21(3)12-8-18)22-9-5-4-6-10-22/h15-16,23H,4-14H2,1-3H3,(H2,19,20,24)/t15-,16-/m1/s1. The normalized spacial score (nSPS) is 25.0. The number of hydrogen-bond donors (Lipinski definition) is 3. The number of urea groups is 1. The van der Waals surface area contributed by atoms with E-state index in [2.05, 4.69) is 27.5 Å². The molecule has 2 atom stereocenters. The summed E-state index contributed by atoms with van der Waals surface area (Å²) in [6.07, 6.45) is 6.11. The van der Waals surface area contributed by atoms with Crippen molar-refractivity contribution in [3.05, 3.63) is 0 Å². The number of carbonyl (C=O) groups is 1. The maximum Gasteiger partial charge on any atom is 0.315 e. The minimum Gasteiger partial charge on any atom is -0.396 e. The van der Waals surface area contributed by atoms with Gasteiger partial charge in [-0.1, -0.05) is 13.3 Å². The third-order valence-corrected chi connectivity index (χ3v) is 6.02. The van der Waals surface area contributed by atoms with Crippen molar-refractivity contribution < 1.29 is 9.90 Å². The molecule has 0 spiro atoms. The monoisotopic (exact) mass is 340 g/mol. The van der Waals surface area contributed by atoms with Crippen LogP contribution in [0.3, 0.4) is 0 Å². The number of rotatable bonds is 6. The van der Waals surface area contributed by atoms with E-state index in [1.165, 1.54) is 19.3 Å². The zero-order valence-corrected chi connectivity index (χ0v) is 15.7. The lowest BCUT2D eigenvalue weighted by molar-refractivity contribution is 0.0161. The molecular weight excluding hydrogens is 304 g/mol. The first-order valence-corrected chi connectivity index (χ1v) is 9.56. The predicted molar refractivity (Wildman–Crippen MR) is 97.1 cm³/mol. The molecule has 0 unspecified atom stereocenters. The largest absolute Gasteiger partial charge is 0.396 e. The van der Waals surface area contributed by atoms with Crippen LogP contribution >= 0.6 is 0 Å². The van der Waals surface area contributed by atoms with Crippen LogP contribution in [0.25, 0.3) is 0 Å². The van der Waals surface area contributed by atoms with Crippen molar-refractivity contribution in [2.75, 3.05) is 46.4 Å². The van der Waals surface area contributed by atoms with Gasteiger partial charge in [-0.05, 0) is 71.8 Å². The lowest BCUT2D eigenvalue weighted by Crippen LogP contribution is -2.62. The third kappa shape index (κ3) is 5.07. The highest BCUT2D eigenvalue weighted by molar-refractivity contribution is 5.74. The number of aliphatic hydroxyl groups is 1. The predicted octanol–water partition coefficient (Wildman–Crippen LogP) is 1.25. The summed E-state index contributed by atoms with van der Waals surface area (Å²) in [4.78, 5) is 17.3. The van der Waals surface area contributed by atoms with Crippen molar-refractivity contribution in [3.63, 3.8) is 0 Å². The fraction of sp³-hybridized carbons (Fsp3) is 0.944. The molecule has 0 aromatic heterocycles. The minimum atomic E-state index is -0.113. The molecule has 0 aromatic carbocycles. The zero-order valence-electron chi connectivity index (χ0n) is 15.7. The fourth-order valence-electron chi connectivity index (χ4n) is 3.81. The second kappa shape index (κ2) is 9.02. The summed E-state index contributed by atoms with van der Waals surface area (Å²) in [6, 6.07) is -0.142. The topological polar surface area (TPSA) is 67.8 Å². The highest BCUT2D eigenvalue weighted by Crippen LogP contribution is 2.30. The number of hydrogen-bond acceptors (Lipinski definition) is 4. The van der Waals surface area contributed by atoms with Crippen molar-refractivity contribution in [1.29, 1.82) is 0 Å². The van der Waals surface area contributed by atoms with E-state index in [-0.39, 0.29) is 30.1 Å². The van der Waals surface area contributed by atoms with E-state index in [0.29, 0.717) is 6.54 Å². The molecule has 2 aliphatic rings. The summed E-state index contributed by atoms with van der Waals surface area (Å²) in [5.74, 6) is 0.0649. The van der Waals surface area contributed by atoms with E-state index < -0.39 is 0 Å². The van der Waals surface area contributed by atoms with Crippen molar-refractivity contribution >= 4 is 6.03 Å². The van der Waals surface area contributed by atoms with Crippen molar-refractivity contribution in [2.45, 2.75) is 57.5 Å². The van der Waals surface area contributed by atoms with Gasteiger partial charge in [-0.3, -0.25) is 4.90 Å². The molecule has 2 amide bonds. The van der Waals surface area contributed by atoms with Crippen LogP contribution < -0.4 is 10.6 Å². The molecule has 2 saturated heterocycles. The smallest absolute Gasteiger partial charge is 0.315 e. The summed E-state index contributed by atoms with van der Waals surface area (Å²) in [6.45, 7) is 9.19. The van der Waals surface area contributed by atoms with Crippen LogP contribution in [0.2, 0.25) is 0 Å². The summed E-state index contributed by atoms with van der Waals surface area (Å²) in [5.41, 5.74) is 0.107. The summed E-state index contributed by atoms with van der Waals surface area (Å²) in [7, 11) is 2.18. The second-order valence-corrected chi connectivity index (χ2v) is 7.85. The van der Waals surface area contributed by atoms with Gasteiger partial charge in [0, 0.05) is 24.7 Å².